The van der Waals surface area contributed by atoms with E-state index >= 15 is 0 Å². The molecule has 0 saturated heterocycles. The van der Waals surface area contributed by atoms with Crippen LogP contribution in [0.25, 0.3) is 0 Å². The number of hydrogen-bond donors (Lipinski definition) is 1. The molecule has 0 aliphatic rings. The predicted molar refractivity (Wildman–Crippen MR) is 78.1 cm³/mol. The van der Waals surface area contributed by atoms with Gasteiger partial charge in [-0.25, -0.2) is 4.79 Å². The third kappa shape index (κ3) is 4.87. The van der Waals surface area contributed by atoms with Crippen LogP contribution in [0, 0.1) is 0 Å². The molecule has 0 unspecified atom stereocenters. The third-order valence-corrected chi connectivity index (χ3v) is 3.42. The standard InChI is InChI=1S/C15H26N2O3/c1-4-5-6-7-8-9-10-20-13-11-16-17(12-13)15(2,3)14(18)19/h11-12H,4-10H2,1-3H3,(H,18,19). The highest BCUT2D eigenvalue weighted by Crippen LogP contribution is 2.18. The lowest BCUT2D eigenvalue weighted by Crippen LogP contribution is -2.35. The first-order chi connectivity index (χ1) is 9.48. The van der Waals surface area contributed by atoms with Gasteiger partial charge >= 0.3 is 5.97 Å². The Kier molecular flexibility index (Phi) is 6.55. The van der Waals surface area contributed by atoms with Crippen LogP contribution in [-0.2, 0) is 10.3 Å². The van der Waals surface area contributed by atoms with Gasteiger partial charge in [-0.05, 0) is 20.3 Å². The summed E-state index contributed by atoms with van der Waals surface area (Å²) in [7, 11) is 0. The molecule has 0 saturated carbocycles. The average Bonchev–Trinajstić information content (AvgIpc) is 2.87. The summed E-state index contributed by atoms with van der Waals surface area (Å²) in [6.07, 6.45) is 10.5. The minimum absolute atomic E-state index is 0.632. The van der Waals surface area contributed by atoms with Crippen LogP contribution in [-0.4, -0.2) is 27.5 Å². The molecule has 114 valence electrons. The molecule has 1 N–H and O–H groups in total. The van der Waals surface area contributed by atoms with Crippen molar-refractivity contribution in [3.8, 4) is 5.75 Å². The first kappa shape index (κ1) is 16.5. The van der Waals surface area contributed by atoms with Crippen molar-refractivity contribution in [2.75, 3.05) is 6.61 Å². The van der Waals surface area contributed by atoms with Crippen molar-refractivity contribution in [3.63, 3.8) is 0 Å². The molecule has 0 spiro atoms. The maximum absolute atomic E-state index is 11.1. The minimum atomic E-state index is -1.05. The van der Waals surface area contributed by atoms with Crippen molar-refractivity contribution >= 4 is 5.97 Å². The second kappa shape index (κ2) is 7.92. The number of nitrogens with zero attached hydrogens (tertiary/aromatic N) is 2. The largest absolute Gasteiger partial charge is 0.490 e. The van der Waals surface area contributed by atoms with Crippen LogP contribution in [0.15, 0.2) is 12.4 Å². The van der Waals surface area contributed by atoms with E-state index in [0.717, 1.165) is 6.42 Å². The van der Waals surface area contributed by atoms with E-state index in [4.69, 9.17) is 9.84 Å². The van der Waals surface area contributed by atoms with Crippen molar-refractivity contribution in [1.29, 1.82) is 0 Å². The molecular weight excluding hydrogens is 256 g/mol. The zero-order valence-electron chi connectivity index (χ0n) is 12.8. The number of carboxylic acids is 1. The lowest BCUT2D eigenvalue weighted by Gasteiger charge is -2.19. The van der Waals surface area contributed by atoms with Crippen LogP contribution >= 0.6 is 0 Å². The normalized spacial score (nSPS) is 11.6. The summed E-state index contributed by atoms with van der Waals surface area (Å²) in [6.45, 7) is 6.09. The monoisotopic (exact) mass is 282 g/mol. The van der Waals surface area contributed by atoms with E-state index in [1.165, 1.54) is 36.8 Å². The molecule has 1 aromatic rings. The highest BCUT2D eigenvalue weighted by molar-refractivity contribution is 5.75. The number of ether oxygens (including phenoxy) is 1. The van der Waals surface area contributed by atoms with Gasteiger partial charge in [0.05, 0.1) is 19.0 Å². The predicted octanol–water partition coefficient (Wildman–Crippen LogP) is 3.44. The van der Waals surface area contributed by atoms with E-state index in [1.807, 2.05) is 0 Å². The second-order valence-electron chi connectivity index (χ2n) is 5.60. The van der Waals surface area contributed by atoms with Crippen molar-refractivity contribution in [2.24, 2.45) is 0 Å². The van der Waals surface area contributed by atoms with Crippen LogP contribution in [0.3, 0.4) is 0 Å². The van der Waals surface area contributed by atoms with Gasteiger partial charge in [-0.3, -0.25) is 4.68 Å². The molecule has 0 aliphatic heterocycles. The van der Waals surface area contributed by atoms with Gasteiger partial charge in [-0.1, -0.05) is 39.0 Å². The molecule has 0 amide bonds. The van der Waals surface area contributed by atoms with Crippen LogP contribution in [0.4, 0.5) is 0 Å². The van der Waals surface area contributed by atoms with Gasteiger partial charge in [-0.2, -0.15) is 5.10 Å². The molecule has 0 fully saturated rings. The van der Waals surface area contributed by atoms with Gasteiger partial charge in [0.25, 0.3) is 0 Å². The summed E-state index contributed by atoms with van der Waals surface area (Å²) < 4.78 is 7.01. The summed E-state index contributed by atoms with van der Waals surface area (Å²) in [5.74, 6) is -0.282. The number of rotatable bonds is 10. The van der Waals surface area contributed by atoms with E-state index in [0.29, 0.717) is 12.4 Å². The molecule has 0 atom stereocenters. The number of aliphatic carboxylic acids is 1. The highest BCUT2D eigenvalue weighted by atomic mass is 16.5. The van der Waals surface area contributed by atoms with E-state index in [9.17, 15) is 4.79 Å². The van der Waals surface area contributed by atoms with Gasteiger partial charge in [0.1, 0.15) is 0 Å². The molecule has 0 bridgehead atoms. The Morgan fingerprint density at radius 3 is 2.60 bits per heavy atom. The molecule has 5 heteroatoms. The Hall–Kier alpha value is -1.52. The van der Waals surface area contributed by atoms with Crippen LogP contribution in [0.2, 0.25) is 0 Å². The topological polar surface area (TPSA) is 64.4 Å². The van der Waals surface area contributed by atoms with Crippen molar-refractivity contribution in [1.82, 2.24) is 9.78 Å². The SMILES string of the molecule is CCCCCCCCOc1cnn(C(C)(C)C(=O)O)c1. The van der Waals surface area contributed by atoms with Crippen LogP contribution < -0.4 is 4.74 Å². The fourth-order valence-corrected chi connectivity index (χ4v) is 1.86. The Morgan fingerprint density at radius 2 is 1.95 bits per heavy atom. The molecule has 1 aromatic heterocycles. The smallest absolute Gasteiger partial charge is 0.331 e. The Bertz CT molecular complexity index is 413. The number of carboxylic acid groups (broad SMARTS) is 1. The van der Waals surface area contributed by atoms with Crippen molar-refractivity contribution in [3.05, 3.63) is 12.4 Å². The molecule has 0 aromatic carbocycles. The van der Waals surface area contributed by atoms with Gasteiger partial charge in [-0.15, -0.1) is 0 Å². The minimum Gasteiger partial charge on any atom is -0.490 e. The second-order valence-corrected chi connectivity index (χ2v) is 5.60. The van der Waals surface area contributed by atoms with Gasteiger partial charge in [0.15, 0.2) is 11.3 Å². The van der Waals surface area contributed by atoms with Gasteiger partial charge < -0.3 is 9.84 Å². The molecular formula is C15H26N2O3. The molecule has 0 radical (unpaired) electrons. The molecule has 1 rings (SSSR count). The van der Waals surface area contributed by atoms with E-state index in [1.54, 1.807) is 26.2 Å². The number of unbranched alkanes of at least 4 members (excludes halogenated alkanes) is 5. The Morgan fingerprint density at radius 1 is 1.30 bits per heavy atom. The fraction of sp³-hybridized carbons (Fsp3) is 0.733. The van der Waals surface area contributed by atoms with Crippen LogP contribution in [0.5, 0.6) is 5.75 Å². The number of hydrogen-bond acceptors (Lipinski definition) is 3. The van der Waals surface area contributed by atoms with E-state index in [2.05, 4.69) is 12.0 Å². The number of aromatic nitrogens is 2. The molecule has 20 heavy (non-hydrogen) atoms. The Balaban J connectivity index is 2.29. The van der Waals surface area contributed by atoms with Gasteiger partial charge in [0, 0.05) is 0 Å². The lowest BCUT2D eigenvalue weighted by atomic mass is 10.1. The Labute approximate surface area is 120 Å². The molecule has 1 heterocycles. The fourth-order valence-electron chi connectivity index (χ4n) is 1.86. The lowest BCUT2D eigenvalue weighted by molar-refractivity contribution is -0.146. The maximum Gasteiger partial charge on any atom is 0.331 e. The molecule has 0 aliphatic carbocycles. The van der Waals surface area contributed by atoms with Crippen molar-refractivity contribution in [2.45, 2.75) is 64.8 Å². The first-order valence-electron chi connectivity index (χ1n) is 7.39. The molecule has 5 nitrogen and oxygen atoms in total. The quantitative estimate of drug-likeness (QED) is 0.668. The van der Waals surface area contributed by atoms with Crippen LogP contribution in [0.1, 0.15) is 59.3 Å². The summed E-state index contributed by atoms with van der Waals surface area (Å²) in [5, 5.41) is 13.2. The summed E-state index contributed by atoms with van der Waals surface area (Å²) in [5.41, 5.74) is -1.05. The van der Waals surface area contributed by atoms with E-state index in [-0.39, 0.29) is 0 Å². The first-order valence-corrected chi connectivity index (χ1v) is 7.39. The zero-order chi connectivity index (χ0) is 15.0. The van der Waals surface area contributed by atoms with Gasteiger partial charge in [0.2, 0.25) is 0 Å². The summed E-state index contributed by atoms with van der Waals surface area (Å²) >= 11 is 0. The average molecular weight is 282 g/mol. The van der Waals surface area contributed by atoms with E-state index < -0.39 is 11.5 Å². The van der Waals surface area contributed by atoms with Crippen molar-refractivity contribution < 1.29 is 14.6 Å². The zero-order valence-corrected chi connectivity index (χ0v) is 12.8. The third-order valence-electron chi connectivity index (χ3n) is 3.42. The highest BCUT2D eigenvalue weighted by Gasteiger charge is 2.30. The number of carbonyl (C=O) groups is 1. The summed E-state index contributed by atoms with van der Waals surface area (Å²) in [4.78, 5) is 11.1. The maximum atomic E-state index is 11.1. The summed E-state index contributed by atoms with van der Waals surface area (Å²) in [6, 6.07) is 0.